The van der Waals surface area contributed by atoms with Crippen LogP contribution >= 0.6 is 0 Å². The molecule has 0 saturated heterocycles. The highest BCUT2D eigenvalue weighted by Gasteiger charge is 1.93. The first kappa shape index (κ1) is 6.56. The van der Waals surface area contributed by atoms with Crippen LogP contribution in [0.3, 0.4) is 0 Å². The van der Waals surface area contributed by atoms with Gasteiger partial charge in [0.1, 0.15) is 0 Å². The zero-order chi connectivity index (χ0) is 7.40. The fourth-order valence-corrected chi connectivity index (χ4v) is 0.552. The minimum atomic E-state index is -0.457. The van der Waals surface area contributed by atoms with E-state index >= 15 is 0 Å². The predicted molar refractivity (Wildman–Crippen MR) is 35.2 cm³/mol. The van der Waals surface area contributed by atoms with Crippen LogP contribution < -0.4 is 5.32 Å². The third-order valence-electron chi connectivity index (χ3n) is 1.02. The predicted octanol–water partition coefficient (Wildman–Crippen LogP) is 1.36. The number of halogens is 1. The lowest BCUT2D eigenvalue weighted by Gasteiger charge is -1.88. The number of nitriles is 1. The van der Waals surface area contributed by atoms with Gasteiger partial charge in [-0.25, -0.2) is 0 Å². The van der Waals surface area contributed by atoms with Gasteiger partial charge in [0.25, 0.3) is 0 Å². The Morgan fingerprint density at radius 3 is 3.00 bits per heavy atom. The maximum absolute atomic E-state index is 12.3. The number of hydrogen-bond acceptors (Lipinski definition) is 2. The maximum Gasteiger partial charge on any atom is 0.191 e. The van der Waals surface area contributed by atoms with E-state index in [0.29, 0.717) is 5.57 Å². The maximum atomic E-state index is 12.3. The summed E-state index contributed by atoms with van der Waals surface area (Å²) in [6, 6.07) is 1.89. The van der Waals surface area contributed by atoms with Crippen molar-refractivity contribution in [2.75, 3.05) is 0 Å². The van der Waals surface area contributed by atoms with E-state index in [0.717, 1.165) is 0 Å². The lowest BCUT2D eigenvalue weighted by Crippen LogP contribution is -1.96. The van der Waals surface area contributed by atoms with Crippen LogP contribution in [0.25, 0.3) is 0 Å². The second-order valence-corrected chi connectivity index (χ2v) is 1.73. The van der Waals surface area contributed by atoms with Gasteiger partial charge in [-0.1, -0.05) is 0 Å². The van der Waals surface area contributed by atoms with Crippen LogP contribution in [0.1, 0.15) is 0 Å². The minimum Gasteiger partial charge on any atom is -0.339 e. The number of rotatable bonds is 0. The standard InChI is InChI=1S/C7H5FN2/c8-7-2-1-6(5-9)3-4-10-7/h1-4,10H. The van der Waals surface area contributed by atoms with Gasteiger partial charge in [0, 0.05) is 6.20 Å². The molecule has 0 aromatic carbocycles. The summed E-state index contributed by atoms with van der Waals surface area (Å²) in [6.07, 6.45) is 5.50. The topological polar surface area (TPSA) is 35.8 Å². The quantitative estimate of drug-likeness (QED) is 0.510. The summed E-state index contributed by atoms with van der Waals surface area (Å²) < 4.78 is 12.3. The summed E-state index contributed by atoms with van der Waals surface area (Å²) in [4.78, 5) is 0. The summed E-state index contributed by atoms with van der Waals surface area (Å²) in [5.74, 6) is -0.457. The van der Waals surface area contributed by atoms with E-state index < -0.39 is 5.95 Å². The molecule has 0 bridgehead atoms. The van der Waals surface area contributed by atoms with Crippen LogP contribution in [0.2, 0.25) is 0 Å². The Labute approximate surface area is 58.0 Å². The summed E-state index contributed by atoms with van der Waals surface area (Å²) in [6.45, 7) is 0. The molecule has 0 atom stereocenters. The van der Waals surface area contributed by atoms with E-state index in [1.807, 2.05) is 6.07 Å². The van der Waals surface area contributed by atoms with Gasteiger partial charge >= 0.3 is 0 Å². The Morgan fingerprint density at radius 2 is 2.30 bits per heavy atom. The van der Waals surface area contributed by atoms with E-state index in [4.69, 9.17) is 5.26 Å². The van der Waals surface area contributed by atoms with E-state index in [1.54, 1.807) is 0 Å². The summed E-state index contributed by atoms with van der Waals surface area (Å²) in [5.41, 5.74) is 0.431. The second kappa shape index (κ2) is 2.83. The molecule has 0 amide bonds. The van der Waals surface area contributed by atoms with Crippen molar-refractivity contribution in [3.63, 3.8) is 0 Å². The molecule has 0 aromatic heterocycles. The first-order valence-corrected chi connectivity index (χ1v) is 2.73. The van der Waals surface area contributed by atoms with Crippen LogP contribution in [-0.4, -0.2) is 0 Å². The number of hydrogen-bond donors (Lipinski definition) is 1. The zero-order valence-corrected chi connectivity index (χ0v) is 5.13. The van der Waals surface area contributed by atoms with E-state index in [9.17, 15) is 4.39 Å². The molecule has 0 aliphatic carbocycles. The number of nitrogens with zero attached hydrogens (tertiary/aromatic N) is 1. The number of allylic oxidation sites excluding steroid dienone is 4. The Hall–Kier alpha value is -1.56. The normalized spacial score (nSPS) is 16.0. The molecule has 1 aliphatic heterocycles. The minimum absolute atomic E-state index is 0.431. The molecule has 0 unspecified atom stereocenters. The van der Waals surface area contributed by atoms with Crippen LogP contribution in [0.5, 0.6) is 0 Å². The van der Waals surface area contributed by atoms with Crippen LogP contribution in [-0.2, 0) is 0 Å². The zero-order valence-electron chi connectivity index (χ0n) is 5.13. The summed E-state index contributed by atoms with van der Waals surface area (Å²) in [7, 11) is 0. The van der Waals surface area contributed by atoms with Gasteiger partial charge in [0.15, 0.2) is 5.95 Å². The first-order chi connectivity index (χ1) is 4.83. The molecule has 1 heterocycles. The molecule has 50 valence electrons. The average molecular weight is 136 g/mol. The van der Waals surface area contributed by atoms with Gasteiger partial charge in [-0.2, -0.15) is 9.65 Å². The van der Waals surface area contributed by atoms with Gasteiger partial charge in [-0.15, -0.1) is 0 Å². The first-order valence-electron chi connectivity index (χ1n) is 2.73. The third-order valence-corrected chi connectivity index (χ3v) is 1.02. The molecule has 0 radical (unpaired) electrons. The fraction of sp³-hybridized carbons (Fsp3) is 0. The van der Waals surface area contributed by atoms with Gasteiger partial charge in [0.05, 0.1) is 11.6 Å². The van der Waals surface area contributed by atoms with Crippen molar-refractivity contribution < 1.29 is 4.39 Å². The fourth-order valence-electron chi connectivity index (χ4n) is 0.552. The van der Waals surface area contributed by atoms with Gasteiger partial charge in [-0.05, 0) is 18.2 Å². The van der Waals surface area contributed by atoms with Crippen LogP contribution in [0.15, 0.2) is 36.0 Å². The smallest absolute Gasteiger partial charge is 0.191 e. The molecule has 1 aliphatic rings. The van der Waals surface area contributed by atoms with E-state index in [1.165, 1.54) is 24.4 Å². The monoisotopic (exact) mass is 136 g/mol. The molecule has 2 nitrogen and oxygen atoms in total. The largest absolute Gasteiger partial charge is 0.339 e. The van der Waals surface area contributed by atoms with Gasteiger partial charge in [0.2, 0.25) is 0 Å². The van der Waals surface area contributed by atoms with Gasteiger partial charge in [-0.3, -0.25) is 0 Å². The van der Waals surface area contributed by atoms with E-state index in [2.05, 4.69) is 5.32 Å². The van der Waals surface area contributed by atoms with Crippen molar-refractivity contribution in [3.8, 4) is 6.07 Å². The third kappa shape index (κ3) is 1.46. The molecule has 10 heavy (non-hydrogen) atoms. The SMILES string of the molecule is N#CC1=CC=C(F)NC=C1. The highest BCUT2D eigenvalue weighted by Crippen LogP contribution is 2.02. The van der Waals surface area contributed by atoms with E-state index in [-0.39, 0.29) is 0 Å². The summed E-state index contributed by atoms with van der Waals surface area (Å²) in [5, 5.41) is 10.7. The highest BCUT2D eigenvalue weighted by molar-refractivity contribution is 5.37. The Kier molecular flexibility index (Phi) is 1.86. The molecule has 1 rings (SSSR count). The lowest BCUT2D eigenvalue weighted by atomic mass is 10.3. The van der Waals surface area contributed by atoms with Gasteiger partial charge < -0.3 is 5.32 Å². The molecular formula is C7H5FN2. The van der Waals surface area contributed by atoms with Crippen molar-refractivity contribution in [3.05, 3.63) is 36.0 Å². The van der Waals surface area contributed by atoms with Crippen molar-refractivity contribution in [2.45, 2.75) is 0 Å². The van der Waals surface area contributed by atoms with Crippen molar-refractivity contribution in [1.29, 1.82) is 5.26 Å². The Bertz CT molecular complexity index is 255. The summed E-state index contributed by atoms with van der Waals surface area (Å²) >= 11 is 0. The van der Waals surface area contributed by atoms with Crippen molar-refractivity contribution >= 4 is 0 Å². The molecule has 0 aromatic rings. The van der Waals surface area contributed by atoms with Crippen molar-refractivity contribution in [2.24, 2.45) is 0 Å². The highest BCUT2D eigenvalue weighted by atomic mass is 19.1. The second-order valence-electron chi connectivity index (χ2n) is 1.73. The van der Waals surface area contributed by atoms with Crippen LogP contribution in [0, 0.1) is 11.3 Å². The molecule has 0 fully saturated rings. The van der Waals surface area contributed by atoms with Crippen LogP contribution in [0.4, 0.5) is 4.39 Å². The Balaban J connectivity index is 2.88. The molecule has 1 N–H and O–H groups in total. The Morgan fingerprint density at radius 1 is 1.50 bits per heavy atom. The molecule has 0 saturated carbocycles. The average Bonchev–Trinajstić information content (AvgIpc) is 2.14. The number of nitrogens with one attached hydrogen (secondary N) is 1. The molecular weight excluding hydrogens is 131 g/mol. The lowest BCUT2D eigenvalue weighted by molar-refractivity contribution is 0.587. The van der Waals surface area contributed by atoms with Crippen molar-refractivity contribution in [1.82, 2.24) is 5.32 Å². The molecule has 0 spiro atoms. The molecule has 3 heteroatoms.